The maximum atomic E-state index is 11.8. The van der Waals surface area contributed by atoms with E-state index in [1.807, 2.05) is 6.92 Å². The number of carboxylic acid groups (broad SMARTS) is 1. The summed E-state index contributed by atoms with van der Waals surface area (Å²) < 4.78 is 0. The van der Waals surface area contributed by atoms with Crippen molar-refractivity contribution in [3.8, 4) is 0 Å². The monoisotopic (exact) mass is 338 g/mol. The average molecular weight is 340 g/mol. The molecule has 0 unspecified atom stereocenters. The molecule has 0 aromatic heterocycles. The molecule has 20 heavy (non-hydrogen) atoms. The second-order valence-electron chi connectivity index (χ2n) is 4.02. The lowest BCUT2D eigenvalue weighted by molar-refractivity contribution is -0.139. The van der Waals surface area contributed by atoms with E-state index in [9.17, 15) is 9.59 Å². The van der Waals surface area contributed by atoms with E-state index in [1.54, 1.807) is 0 Å². The number of nitrogens with one attached hydrogen (secondary N) is 2. The first kappa shape index (κ1) is 16.9. The highest BCUT2D eigenvalue weighted by Crippen LogP contribution is 2.33. The van der Waals surface area contributed by atoms with E-state index < -0.39 is 18.0 Å². The molecule has 1 aromatic carbocycles. The average Bonchev–Trinajstić information content (AvgIpc) is 2.33. The molecule has 0 radical (unpaired) electrons. The molecule has 0 aliphatic carbocycles. The van der Waals surface area contributed by atoms with Gasteiger partial charge < -0.3 is 15.7 Å². The Morgan fingerprint density at radius 1 is 1.25 bits per heavy atom. The van der Waals surface area contributed by atoms with Crippen molar-refractivity contribution in [1.82, 2.24) is 5.32 Å². The van der Waals surface area contributed by atoms with Gasteiger partial charge in [-0.25, -0.2) is 9.59 Å². The zero-order valence-corrected chi connectivity index (χ0v) is 12.8. The van der Waals surface area contributed by atoms with Crippen LogP contribution in [0.2, 0.25) is 15.1 Å². The van der Waals surface area contributed by atoms with Crippen LogP contribution in [0.15, 0.2) is 12.1 Å². The number of hydrogen-bond acceptors (Lipinski definition) is 2. The topological polar surface area (TPSA) is 78.4 Å². The number of halogens is 3. The quantitative estimate of drug-likeness (QED) is 0.758. The van der Waals surface area contributed by atoms with Gasteiger partial charge in [0.15, 0.2) is 0 Å². The zero-order chi connectivity index (χ0) is 15.3. The minimum absolute atomic E-state index is 0.167. The predicted octanol–water partition coefficient (Wildman–Crippen LogP) is 4.02. The second-order valence-corrected chi connectivity index (χ2v) is 5.27. The standard InChI is InChI=1S/C12H13Cl3N2O3/c1-2-3-9(11(18)19)16-12(20)17-10-7(14)4-6(13)5-8(10)15/h4-5,9H,2-3H2,1H3,(H,18,19)(H2,16,17,20)/t9-/m0/s1. The summed E-state index contributed by atoms with van der Waals surface area (Å²) in [7, 11) is 0. The summed E-state index contributed by atoms with van der Waals surface area (Å²) in [6, 6.07) is 1.18. The molecule has 0 aliphatic heterocycles. The van der Waals surface area contributed by atoms with E-state index in [1.165, 1.54) is 12.1 Å². The highest BCUT2D eigenvalue weighted by atomic mass is 35.5. The van der Waals surface area contributed by atoms with Crippen LogP contribution in [0.25, 0.3) is 0 Å². The Morgan fingerprint density at radius 3 is 2.25 bits per heavy atom. The third-order valence-corrected chi connectivity index (χ3v) is 3.24. The minimum Gasteiger partial charge on any atom is -0.480 e. The van der Waals surface area contributed by atoms with Crippen LogP contribution in [-0.2, 0) is 4.79 Å². The maximum absolute atomic E-state index is 11.8. The Kier molecular flexibility index (Phi) is 6.39. The lowest BCUT2D eigenvalue weighted by Crippen LogP contribution is -2.42. The highest BCUT2D eigenvalue weighted by molar-refractivity contribution is 6.42. The summed E-state index contributed by atoms with van der Waals surface area (Å²) in [5, 5.41) is 14.4. The van der Waals surface area contributed by atoms with Gasteiger partial charge in [0, 0.05) is 5.02 Å². The number of carbonyl (C=O) groups excluding carboxylic acids is 1. The molecule has 0 fully saturated rings. The van der Waals surface area contributed by atoms with Gasteiger partial charge in [0.25, 0.3) is 0 Å². The fourth-order valence-electron chi connectivity index (χ4n) is 1.52. The summed E-state index contributed by atoms with van der Waals surface area (Å²) >= 11 is 17.6. The lowest BCUT2D eigenvalue weighted by atomic mass is 10.2. The van der Waals surface area contributed by atoms with Gasteiger partial charge in [-0.05, 0) is 18.6 Å². The van der Waals surface area contributed by atoms with E-state index in [2.05, 4.69) is 10.6 Å². The van der Waals surface area contributed by atoms with Crippen molar-refractivity contribution in [1.29, 1.82) is 0 Å². The molecule has 0 saturated heterocycles. The van der Waals surface area contributed by atoms with Gasteiger partial charge in [-0.15, -0.1) is 0 Å². The van der Waals surface area contributed by atoms with Gasteiger partial charge >= 0.3 is 12.0 Å². The Labute approximate surface area is 131 Å². The fraction of sp³-hybridized carbons (Fsp3) is 0.333. The van der Waals surface area contributed by atoms with Crippen LogP contribution in [0.3, 0.4) is 0 Å². The molecule has 110 valence electrons. The van der Waals surface area contributed by atoms with E-state index in [-0.39, 0.29) is 15.7 Å². The summed E-state index contributed by atoms with van der Waals surface area (Å²) in [6.45, 7) is 1.82. The summed E-state index contributed by atoms with van der Waals surface area (Å²) in [4.78, 5) is 22.7. The Balaban J connectivity index is 2.78. The van der Waals surface area contributed by atoms with Gasteiger partial charge in [-0.1, -0.05) is 48.1 Å². The van der Waals surface area contributed by atoms with Crippen LogP contribution in [-0.4, -0.2) is 23.1 Å². The van der Waals surface area contributed by atoms with Crippen LogP contribution in [0.1, 0.15) is 19.8 Å². The van der Waals surface area contributed by atoms with Gasteiger partial charge in [-0.3, -0.25) is 0 Å². The maximum Gasteiger partial charge on any atom is 0.326 e. The number of anilines is 1. The summed E-state index contributed by atoms with van der Waals surface area (Å²) in [5.41, 5.74) is 0.177. The van der Waals surface area contributed by atoms with Crippen LogP contribution >= 0.6 is 34.8 Å². The van der Waals surface area contributed by atoms with Crippen molar-refractivity contribution in [3.63, 3.8) is 0 Å². The van der Waals surface area contributed by atoms with E-state index in [0.717, 1.165) is 0 Å². The van der Waals surface area contributed by atoms with E-state index in [0.29, 0.717) is 17.9 Å². The first-order chi connectivity index (χ1) is 9.35. The van der Waals surface area contributed by atoms with Gasteiger partial charge in [0.05, 0.1) is 15.7 Å². The number of carbonyl (C=O) groups is 2. The van der Waals surface area contributed by atoms with Crippen LogP contribution in [0.4, 0.5) is 10.5 Å². The first-order valence-corrected chi connectivity index (χ1v) is 6.93. The second kappa shape index (κ2) is 7.57. The molecular formula is C12H13Cl3N2O3. The van der Waals surface area contributed by atoms with Gasteiger partial charge in [0.1, 0.15) is 6.04 Å². The molecular weight excluding hydrogens is 327 g/mol. The molecule has 8 heteroatoms. The molecule has 3 N–H and O–H groups in total. The van der Waals surface area contributed by atoms with E-state index >= 15 is 0 Å². The number of urea groups is 1. The van der Waals surface area contributed by atoms with Crippen molar-refractivity contribution in [2.75, 3.05) is 5.32 Å². The molecule has 0 aliphatic rings. The molecule has 1 aromatic rings. The normalized spacial score (nSPS) is 11.8. The van der Waals surface area contributed by atoms with Crippen LogP contribution in [0, 0.1) is 0 Å². The van der Waals surface area contributed by atoms with Crippen LogP contribution < -0.4 is 10.6 Å². The molecule has 0 bridgehead atoms. The molecule has 0 heterocycles. The lowest BCUT2D eigenvalue weighted by Gasteiger charge is -2.15. The summed E-state index contributed by atoms with van der Waals surface area (Å²) in [6.07, 6.45) is 0.949. The number of carboxylic acids is 1. The SMILES string of the molecule is CCC[C@H](NC(=O)Nc1c(Cl)cc(Cl)cc1Cl)C(=O)O. The molecule has 0 spiro atoms. The molecule has 2 amide bonds. The number of hydrogen-bond donors (Lipinski definition) is 3. The number of benzene rings is 1. The van der Waals surface area contributed by atoms with E-state index in [4.69, 9.17) is 39.9 Å². The third-order valence-electron chi connectivity index (χ3n) is 2.43. The summed E-state index contributed by atoms with van der Waals surface area (Å²) in [5.74, 6) is -1.10. The fourth-order valence-corrected chi connectivity index (χ4v) is 2.43. The van der Waals surface area contributed by atoms with Gasteiger partial charge in [0.2, 0.25) is 0 Å². The predicted molar refractivity (Wildman–Crippen MR) is 80.0 cm³/mol. The van der Waals surface area contributed by atoms with Crippen molar-refractivity contribution in [3.05, 3.63) is 27.2 Å². The molecule has 1 rings (SSSR count). The highest BCUT2D eigenvalue weighted by Gasteiger charge is 2.20. The number of aliphatic carboxylic acids is 1. The van der Waals surface area contributed by atoms with Gasteiger partial charge in [-0.2, -0.15) is 0 Å². The Morgan fingerprint density at radius 2 is 1.80 bits per heavy atom. The minimum atomic E-state index is -1.10. The largest absolute Gasteiger partial charge is 0.480 e. The smallest absolute Gasteiger partial charge is 0.326 e. The van der Waals surface area contributed by atoms with Crippen LogP contribution in [0.5, 0.6) is 0 Å². The Bertz CT molecular complexity index is 500. The first-order valence-electron chi connectivity index (χ1n) is 5.80. The molecule has 1 atom stereocenters. The Hall–Kier alpha value is -1.17. The zero-order valence-electron chi connectivity index (χ0n) is 10.5. The third kappa shape index (κ3) is 4.74. The molecule has 5 nitrogen and oxygen atoms in total. The number of rotatable bonds is 5. The van der Waals surface area contributed by atoms with Crippen molar-refractivity contribution in [2.45, 2.75) is 25.8 Å². The van der Waals surface area contributed by atoms with Crippen molar-refractivity contribution in [2.24, 2.45) is 0 Å². The molecule has 0 saturated carbocycles. The number of amides is 2. The van der Waals surface area contributed by atoms with Crippen molar-refractivity contribution >= 4 is 52.5 Å². The van der Waals surface area contributed by atoms with Crippen molar-refractivity contribution < 1.29 is 14.7 Å².